The van der Waals surface area contributed by atoms with Crippen LogP contribution in [0.2, 0.25) is 0 Å². The fourth-order valence-electron chi connectivity index (χ4n) is 4.45. The summed E-state index contributed by atoms with van der Waals surface area (Å²) >= 11 is 0. The maximum absolute atomic E-state index is 5.66. The third-order valence-corrected chi connectivity index (χ3v) is 6.23. The van der Waals surface area contributed by atoms with Gasteiger partial charge < -0.3 is 24.8 Å². The van der Waals surface area contributed by atoms with E-state index in [0.29, 0.717) is 0 Å². The summed E-state index contributed by atoms with van der Waals surface area (Å²) in [4.78, 5) is 7.66. The molecule has 176 valence electrons. The first-order chi connectivity index (χ1) is 14.7. The van der Waals surface area contributed by atoms with Gasteiger partial charge in [0.05, 0.1) is 20.8 Å². The lowest BCUT2D eigenvalue weighted by Crippen LogP contribution is -2.54. The zero-order chi connectivity index (χ0) is 21.2. The number of ether oxygens (including phenoxy) is 3. The van der Waals surface area contributed by atoms with Gasteiger partial charge in [-0.2, -0.15) is 0 Å². The number of benzene rings is 1. The molecule has 2 heterocycles. The molecule has 0 unspecified atom stereocenters. The molecule has 1 aromatic rings. The lowest BCUT2D eigenvalue weighted by molar-refractivity contribution is -0.0139. The fraction of sp³-hybridized carbons (Fsp3) is 0.696. The quantitative estimate of drug-likeness (QED) is 0.282. The Morgan fingerprint density at radius 1 is 1.10 bits per heavy atom. The van der Waals surface area contributed by atoms with Gasteiger partial charge in [-0.1, -0.05) is 6.07 Å². The molecule has 0 atom stereocenters. The molecule has 0 bridgehead atoms. The lowest BCUT2D eigenvalue weighted by Gasteiger charge is -2.43. The standard InChI is InChI=1S/C23H38N4O3.HI/c1-4-24-22(25-12-9-19-7-8-20(28-2)21(17-19)29-3)26-18-23(10-15-30-16-11-23)27-13-5-6-14-27;/h7-8,17H,4-6,9-16,18H2,1-3H3,(H2,24,25,26);1H. The van der Waals surface area contributed by atoms with E-state index in [1.165, 1.54) is 31.5 Å². The van der Waals surface area contributed by atoms with Crippen molar-refractivity contribution in [2.75, 3.05) is 60.2 Å². The van der Waals surface area contributed by atoms with Crippen LogP contribution < -0.4 is 20.1 Å². The molecule has 0 radical (unpaired) electrons. The summed E-state index contributed by atoms with van der Waals surface area (Å²) in [7, 11) is 3.33. The number of aliphatic imine (C=N–C) groups is 1. The summed E-state index contributed by atoms with van der Waals surface area (Å²) in [5, 5.41) is 6.90. The van der Waals surface area contributed by atoms with Gasteiger partial charge in [0.2, 0.25) is 0 Å². The molecular formula is C23H39IN4O3. The number of hydrogen-bond donors (Lipinski definition) is 2. The van der Waals surface area contributed by atoms with Gasteiger partial charge in [0.25, 0.3) is 0 Å². The summed E-state index contributed by atoms with van der Waals surface area (Å²) in [6.45, 7) is 8.66. The molecule has 0 amide bonds. The van der Waals surface area contributed by atoms with Crippen molar-refractivity contribution in [1.82, 2.24) is 15.5 Å². The van der Waals surface area contributed by atoms with E-state index in [4.69, 9.17) is 19.2 Å². The van der Waals surface area contributed by atoms with Crippen molar-refractivity contribution < 1.29 is 14.2 Å². The molecule has 1 aromatic carbocycles. The molecular weight excluding hydrogens is 507 g/mol. The summed E-state index contributed by atoms with van der Waals surface area (Å²) in [5.74, 6) is 2.42. The minimum absolute atomic E-state index is 0. The van der Waals surface area contributed by atoms with Crippen molar-refractivity contribution >= 4 is 29.9 Å². The largest absolute Gasteiger partial charge is 0.493 e. The molecule has 0 aliphatic carbocycles. The molecule has 2 N–H and O–H groups in total. The van der Waals surface area contributed by atoms with Crippen LogP contribution in [0.4, 0.5) is 0 Å². The second kappa shape index (κ2) is 13.3. The Balaban J connectivity index is 0.00000341. The molecule has 8 heteroatoms. The van der Waals surface area contributed by atoms with Gasteiger partial charge in [0, 0.05) is 31.8 Å². The molecule has 2 aliphatic heterocycles. The third kappa shape index (κ3) is 7.12. The first-order valence-electron chi connectivity index (χ1n) is 11.3. The van der Waals surface area contributed by atoms with Crippen molar-refractivity contribution in [3.05, 3.63) is 23.8 Å². The maximum Gasteiger partial charge on any atom is 0.191 e. The lowest BCUT2D eigenvalue weighted by atomic mass is 9.88. The Morgan fingerprint density at radius 2 is 1.81 bits per heavy atom. The van der Waals surface area contributed by atoms with Crippen LogP contribution in [0, 0.1) is 0 Å². The highest BCUT2D eigenvalue weighted by molar-refractivity contribution is 14.0. The van der Waals surface area contributed by atoms with Gasteiger partial charge in [-0.25, -0.2) is 0 Å². The van der Waals surface area contributed by atoms with Crippen molar-refractivity contribution in [2.45, 2.75) is 44.6 Å². The normalized spacial score (nSPS) is 18.9. The van der Waals surface area contributed by atoms with Gasteiger partial charge in [0.1, 0.15) is 0 Å². The van der Waals surface area contributed by atoms with Gasteiger partial charge in [-0.3, -0.25) is 9.89 Å². The SMILES string of the molecule is CCNC(=NCC1(N2CCCC2)CCOCC1)NCCc1ccc(OC)c(OC)c1.I. The van der Waals surface area contributed by atoms with Crippen LogP contribution in [-0.2, 0) is 11.2 Å². The molecule has 3 rings (SSSR count). The van der Waals surface area contributed by atoms with E-state index in [1.54, 1.807) is 14.2 Å². The number of methoxy groups -OCH3 is 2. The highest BCUT2D eigenvalue weighted by atomic mass is 127. The van der Waals surface area contributed by atoms with Crippen molar-refractivity contribution in [1.29, 1.82) is 0 Å². The highest BCUT2D eigenvalue weighted by Crippen LogP contribution is 2.31. The minimum Gasteiger partial charge on any atom is -0.493 e. The van der Waals surface area contributed by atoms with E-state index >= 15 is 0 Å². The van der Waals surface area contributed by atoms with Gasteiger partial charge in [-0.15, -0.1) is 24.0 Å². The molecule has 2 fully saturated rings. The van der Waals surface area contributed by atoms with Gasteiger partial charge in [0.15, 0.2) is 17.5 Å². The molecule has 31 heavy (non-hydrogen) atoms. The predicted octanol–water partition coefficient (Wildman–Crippen LogP) is 3.06. The van der Waals surface area contributed by atoms with Crippen molar-refractivity contribution in [3.63, 3.8) is 0 Å². The van der Waals surface area contributed by atoms with Crippen LogP contribution in [0.3, 0.4) is 0 Å². The summed E-state index contributed by atoms with van der Waals surface area (Å²) in [5.41, 5.74) is 1.36. The number of hydrogen-bond acceptors (Lipinski definition) is 5. The zero-order valence-corrected chi connectivity index (χ0v) is 21.6. The smallest absolute Gasteiger partial charge is 0.191 e. The van der Waals surface area contributed by atoms with Gasteiger partial charge in [-0.05, 0) is 69.8 Å². The number of rotatable bonds is 9. The zero-order valence-electron chi connectivity index (χ0n) is 19.2. The second-order valence-electron chi connectivity index (χ2n) is 8.09. The Morgan fingerprint density at radius 3 is 2.45 bits per heavy atom. The van der Waals surface area contributed by atoms with Crippen LogP contribution in [0.25, 0.3) is 0 Å². The van der Waals surface area contributed by atoms with Crippen molar-refractivity contribution in [3.8, 4) is 11.5 Å². The summed E-state index contributed by atoms with van der Waals surface area (Å²) in [6, 6.07) is 6.07. The van der Waals surface area contributed by atoms with Crippen LogP contribution in [0.15, 0.2) is 23.2 Å². The highest BCUT2D eigenvalue weighted by Gasteiger charge is 2.39. The van der Waals surface area contributed by atoms with Crippen LogP contribution in [-0.4, -0.2) is 76.6 Å². The first kappa shape index (κ1) is 26.0. The number of nitrogens with zero attached hydrogens (tertiary/aromatic N) is 2. The Kier molecular flexibility index (Phi) is 11.2. The van der Waals surface area contributed by atoms with E-state index in [2.05, 4.69) is 28.5 Å². The van der Waals surface area contributed by atoms with Crippen LogP contribution >= 0.6 is 24.0 Å². The van der Waals surface area contributed by atoms with E-state index in [0.717, 1.165) is 69.6 Å². The average molecular weight is 546 g/mol. The average Bonchev–Trinajstić information content (AvgIpc) is 3.34. The van der Waals surface area contributed by atoms with E-state index in [1.807, 2.05) is 12.1 Å². The van der Waals surface area contributed by atoms with Crippen LogP contribution in [0.1, 0.15) is 38.2 Å². The molecule has 0 spiro atoms. The van der Waals surface area contributed by atoms with Crippen LogP contribution in [0.5, 0.6) is 11.5 Å². The van der Waals surface area contributed by atoms with E-state index in [-0.39, 0.29) is 29.5 Å². The van der Waals surface area contributed by atoms with Gasteiger partial charge >= 0.3 is 0 Å². The molecule has 0 saturated carbocycles. The fourth-order valence-corrected chi connectivity index (χ4v) is 4.45. The summed E-state index contributed by atoms with van der Waals surface area (Å²) < 4.78 is 16.4. The third-order valence-electron chi connectivity index (χ3n) is 6.23. The topological polar surface area (TPSA) is 67.4 Å². The number of likely N-dealkylation sites (tertiary alicyclic amines) is 1. The number of halogens is 1. The molecule has 7 nitrogen and oxygen atoms in total. The molecule has 2 saturated heterocycles. The maximum atomic E-state index is 5.66. The predicted molar refractivity (Wildman–Crippen MR) is 136 cm³/mol. The monoisotopic (exact) mass is 546 g/mol. The van der Waals surface area contributed by atoms with E-state index in [9.17, 15) is 0 Å². The molecule has 0 aromatic heterocycles. The number of nitrogens with one attached hydrogen (secondary N) is 2. The number of guanidine groups is 1. The minimum atomic E-state index is 0. The van der Waals surface area contributed by atoms with Crippen molar-refractivity contribution in [2.24, 2.45) is 4.99 Å². The molecule has 2 aliphatic rings. The Hall–Kier alpha value is -1.26. The summed E-state index contributed by atoms with van der Waals surface area (Å²) in [6.07, 6.45) is 5.63. The Labute approximate surface area is 204 Å². The van der Waals surface area contributed by atoms with E-state index < -0.39 is 0 Å². The first-order valence-corrected chi connectivity index (χ1v) is 11.3. The Bertz CT molecular complexity index is 689. The second-order valence-corrected chi connectivity index (χ2v) is 8.09.